The zero-order valence-electron chi connectivity index (χ0n) is 10.2. The fraction of sp³-hybridized carbons (Fsp3) is 0.500. The minimum absolute atomic E-state index is 0.0658. The first-order valence-electron chi connectivity index (χ1n) is 5.74. The van der Waals surface area contributed by atoms with Crippen LogP contribution in [0.5, 0.6) is 0 Å². The summed E-state index contributed by atoms with van der Waals surface area (Å²) in [5.74, 6) is 0.499. The van der Waals surface area contributed by atoms with Crippen LogP contribution in [-0.4, -0.2) is 17.5 Å². The molecular formula is C12H19N3O2. The van der Waals surface area contributed by atoms with Crippen molar-refractivity contribution in [3.8, 4) is 0 Å². The molecule has 0 amide bonds. The van der Waals surface area contributed by atoms with Crippen LogP contribution in [0.15, 0.2) is 24.3 Å². The molecule has 0 aliphatic heterocycles. The average molecular weight is 237 g/mol. The molecule has 0 aliphatic rings. The summed E-state index contributed by atoms with van der Waals surface area (Å²) in [7, 11) is 0. The summed E-state index contributed by atoms with van der Waals surface area (Å²) in [5.41, 5.74) is 6.29. The molecule has 0 aromatic heterocycles. The van der Waals surface area contributed by atoms with E-state index in [-0.39, 0.29) is 16.7 Å². The van der Waals surface area contributed by atoms with Crippen LogP contribution in [0.25, 0.3) is 0 Å². The Morgan fingerprint density at radius 2 is 2.06 bits per heavy atom. The lowest BCUT2D eigenvalue weighted by Gasteiger charge is -2.19. The third kappa shape index (κ3) is 4.03. The van der Waals surface area contributed by atoms with Crippen molar-refractivity contribution in [1.82, 2.24) is 0 Å². The summed E-state index contributed by atoms with van der Waals surface area (Å²) in [6.45, 7) is 4.66. The van der Waals surface area contributed by atoms with Gasteiger partial charge in [-0.25, -0.2) is 0 Å². The Hall–Kier alpha value is -1.62. The molecule has 0 saturated heterocycles. The van der Waals surface area contributed by atoms with E-state index in [1.54, 1.807) is 18.2 Å². The lowest BCUT2D eigenvalue weighted by Crippen LogP contribution is -2.30. The normalized spacial score (nSPS) is 12.5. The summed E-state index contributed by atoms with van der Waals surface area (Å²) < 4.78 is 0. The van der Waals surface area contributed by atoms with Crippen molar-refractivity contribution in [3.05, 3.63) is 34.4 Å². The van der Waals surface area contributed by atoms with Crippen LogP contribution in [0.2, 0.25) is 0 Å². The molecule has 5 nitrogen and oxygen atoms in total. The van der Waals surface area contributed by atoms with Crippen LogP contribution < -0.4 is 11.1 Å². The number of nitrogens with two attached hydrogens (primary N) is 1. The van der Waals surface area contributed by atoms with Gasteiger partial charge in [0.2, 0.25) is 0 Å². The van der Waals surface area contributed by atoms with Gasteiger partial charge in [0.05, 0.1) is 4.92 Å². The first-order chi connectivity index (χ1) is 8.04. The molecule has 5 heteroatoms. The highest BCUT2D eigenvalue weighted by Gasteiger charge is 2.16. The number of hydrogen-bond donors (Lipinski definition) is 2. The van der Waals surface area contributed by atoms with Crippen molar-refractivity contribution in [3.63, 3.8) is 0 Å². The average Bonchev–Trinajstić information content (AvgIpc) is 2.28. The minimum Gasteiger partial charge on any atom is -0.375 e. The van der Waals surface area contributed by atoms with Gasteiger partial charge in [0, 0.05) is 18.7 Å². The van der Waals surface area contributed by atoms with E-state index in [4.69, 9.17) is 5.73 Å². The second kappa shape index (κ2) is 6.20. The Labute approximate surface area is 101 Å². The number of nitro benzene ring substituents is 1. The first kappa shape index (κ1) is 13.4. The molecule has 0 bridgehead atoms. The Morgan fingerprint density at radius 3 is 2.59 bits per heavy atom. The lowest BCUT2D eigenvalue weighted by atomic mass is 10.0. The second-order valence-electron chi connectivity index (χ2n) is 4.48. The molecule has 0 fully saturated rings. The molecule has 94 valence electrons. The van der Waals surface area contributed by atoms with Gasteiger partial charge in [-0.2, -0.15) is 0 Å². The van der Waals surface area contributed by atoms with Crippen molar-refractivity contribution >= 4 is 11.4 Å². The highest BCUT2D eigenvalue weighted by Crippen LogP contribution is 2.24. The molecule has 0 radical (unpaired) electrons. The van der Waals surface area contributed by atoms with Gasteiger partial charge in [-0.15, -0.1) is 0 Å². The number of para-hydroxylation sites is 2. The molecule has 0 aliphatic carbocycles. The van der Waals surface area contributed by atoms with Crippen LogP contribution in [0.3, 0.4) is 0 Å². The van der Waals surface area contributed by atoms with Crippen molar-refractivity contribution in [1.29, 1.82) is 0 Å². The Morgan fingerprint density at radius 1 is 1.41 bits per heavy atom. The van der Waals surface area contributed by atoms with Gasteiger partial charge in [0.15, 0.2) is 0 Å². The second-order valence-corrected chi connectivity index (χ2v) is 4.48. The SMILES string of the molecule is CC(C)CC(CN)Nc1ccccc1[N+](=O)[O-]. The highest BCUT2D eigenvalue weighted by atomic mass is 16.6. The van der Waals surface area contributed by atoms with Crippen LogP contribution in [0, 0.1) is 16.0 Å². The standard InChI is InChI=1S/C12H19N3O2/c1-9(2)7-10(8-13)14-11-5-3-4-6-12(11)15(16)17/h3-6,9-10,14H,7-8,13H2,1-2H3. The van der Waals surface area contributed by atoms with Gasteiger partial charge in [-0.05, 0) is 18.4 Å². The molecule has 1 atom stereocenters. The van der Waals surface area contributed by atoms with Crippen LogP contribution in [0.1, 0.15) is 20.3 Å². The number of rotatable bonds is 6. The maximum Gasteiger partial charge on any atom is 0.292 e. The molecular weight excluding hydrogens is 218 g/mol. The van der Waals surface area contributed by atoms with Gasteiger partial charge in [-0.1, -0.05) is 26.0 Å². The molecule has 0 saturated carbocycles. The van der Waals surface area contributed by atoms with E-state index in [9.17, 15) is 10.1 Å². The maximum absolute atomic E-state index is 10.8. The molecule has 0 heterocycles. The smallest absolute Gasteiger partial charge is 0.292 e. The Kier molecular flexibility index (Phi) is 4.90. The van der Waals surface area contributed by atoms with Crippen molar-refractivity contribution in [2.45, 2.75) is 26.3 Å². The highest BCUT2D eigenvalue weighted by molar-refractivity contribution is 5.61. The third-order valence-electron chi connectivity index (χ3n) is 2.50. The summed E-state index contributed by atoms with van der Waals surface area (Å²) in [5, 5.41) is 14.0. The van der Waals surface area contributed by atoms with E-state index in [2.05, 4.69) is 19.2 Å². The number of nitro groups is 1. The number of hydrogen-bond acceptors (Lipinski definition) is 4. The van der Waals surface area contributed by atoms with Gasteiger partial charge in [0.1, 0.15) is 5.69 Å². The zero-order chi connectivity index (χ0) is 12.8. The monoisotopic (exact) mass is 237 g/mol. The number of anilines is 1. The number of nitrogens with zero attached hydrogens (tertiary/aromatic N) is 1. The van der Waals surface area contributed by atoms with E-state index in [1.807, 2.05) is 0 Å². The predicted molar refractivity (Wildman–Crippen MR) is 69.0 cm³/mol. The fourth-order valence-electron chi connectivity index (χ4n) is 1.76. The van der Waals surface area contributed by atoms with E-state index < -0.39 is 0 Å². The topological polar surface area (TPSA) is 81.2 Å². The summed E-state index contributed by atoms with van der Waals surface area (Å²) in [4.78, 5) is 10.5. The first-order valence-corrected chi connectivity index (χ1v) is 5.74. The minimum atomic E-state index is -0.384. The number of benzene rings is 1. The molecule has 1 unspecified atom stereocenters. The quantitative estimate of drug-likeness (QED) is 0.588. The third-order valence-corrected chi connectivity index (χ3v) is 2.50. The number of nitrogens with one attached hydrogen (secondary N) is 1. The van der Waals surface area contributed by atoms with Gasteiger partial charge in [0.25, 0.3) is 5.69 Å². The fourth-order valence-corrected chi connectivity index (χ4v) is 1.76. The van der Waals surface area contributed by atoms with E-state index in [0.29, 0.717) is 18.2 Å². The van der Waals surface area contributed by atoms with Crippen molar-refractivity contribution < 1.29 is 4.92 Å². The van der Waals surface area contributed by atoms with Crippen LogP contribution in [0.4, 0.5) is 11.4 Å². The zero-order valence-corrected chi connectivity index (χ0v) is 10.2. The maximum atomic E-state index is 10.8. The molecule has 17 heavy (non-hydrogen) atoms. The summed E-state index contributed by atoms with van der Waals surface area (Å²) in [6.07, 6.45) is 0.891. The van der Waals surface area contributed by atoms with E-state index in [1.165, 1.54) is 6.07 Å². The van der Waals surface area contributed by atoms with Crippen LogP contribution >= 0.6 is 0 Å². The van der Waals surface area contributed by atoms with Gasteiger partial charge in [-0.3, -0.25) is 10.1 Å². The Bertz CT molecular complexity index is 380. The molecule has 1 aromatic rings. The van der Waals surface area contributed by atoms with Crippen molar-refractivity contribution in [2.24, 2.45) is 11.7 Å². The van der Waals surface area contributed by atoms with E-state index in [0.717, 1.165) is 6.42 Å². The summed E-state index contributed by atoms with van der Waals surface area (Å²) >= 11 is 0. The summed E-state index contributed by atoms with van der Waals surface area (Å²) in [6, 6.07) is 6.70. The van der Waals surface area contributed by atoms with Gasteiger partial charge >= 0.3 is 0 Å². The van der Waals surface area contributed by atoms with E-state index >= 15 is 0 Å². The van der Waals surface area contributed by atoms with Crippen LogP contribution in [-0.2, 0) is 0 Å². The van der Waals surface area contributed by atoms with Crippen molar-refractivity contribution in [2.75, 3.05) is 11.9 Å². The largest absolute Gasteiger partial charge is 0.375 e. The molecule has 3 N–H and O–H groups in total. The van der Waals surface area contributed by atoms with Gasteiger partial charge < -0.3 is 11.1 Å². The molecule has 0 spiro atoms. The predicted octanol–water partition coefficient (Wildman–Crippen LogP) is 2.38. The molecule has 1 aromatic carbocycles. The Balaban J connectivity index is 2.82. The lowest BCUT2D eigenvalue weighted by molar-refractivity contribution is -0.384. The molecule has 1 rings (SSSR count).